The molecule has 1 N–H and O–H groups in total. The van der Waals surface area contributed by atoms with Crippen LogP contribution in [-0.2, 0) is 24.4 Å². The highest BCUT2D eigenvalue weighted by molar-refractivity contribution is 7.91. The topological polar surface area (TPSA) is 115 Å². The van der Waals surface area contributed by atoms with Crippen LogP contribution in [0.5, 0.6) is 11.5 Å². The predicted molar refractivity (Wildman–Crippen MR) is 123 cm³/mol. The number of benzene rings is 1. The van der Waals surface area contributed by atoms with Crippen LogP contribution in [0.4, 0.5) is 13.2 Å². The zero-order valence-electron chi connectivity index (χ0n) is 20.2. The average molecular weight is 553 g/mol. The molecule has 0 spiro atoms. The molecule has 10 nitrogen and oxygen atoms in total. The van der Waals surface area contributed by atoms with Crippen LogP contribution in [0.3, 0.4) is 0 Å². The second-order valence-corrected chi connectivity index (χ2v) is 11.6. The van der Waals surface area contributed by atoms with Gasteiger partial charge in [0, 0.05) is 39.2 Å². The van der Waals surface area contributed by atoms with Gasteiger partial charge in [-0.1, -0.05) is 0 Å². The van der Waals surface area contributed by atoms with Gasteiger partial charge in [-0.15, -0.1) is 13.2 Å². The largest absolute Gasteiger partial charge is 0.573 e. The van der Waals surface area contributed by atoms with Crippen molar-refractivity contribution in [3.05, 3.63) is 24.3 Å². The van der Waals surface area contributed by atoms with Gasteiger partial charge in [0.05, 0.1) is 0 Å². The summed E-state index contributed by atoms with van der Waals surface area (Å²) in [5.41, 5.74) is 0. The minimum atomic E-state index is -4.79. The molecule has 1 unspecified atom stereocenters. The van der Waals surface area contributed by atoms with Crippen LogP contribution in [0.1, 0.15) is 44.9 Å². The lowest BCUT2D eigenvalue weighted by Crippen LogP contribution is -2.60. The molecule has 0 saturated carbocycles. The highest BCUT2D eigenvalue weighted by Gasteiger charge is 2.55. The van der Waals surface area contributed by atoms with Gasteiger partial charge in [-0.3, -0.25) is 9.63 Å². The molecule has 3 saturated heterocycles. The van der Waals surface area contributed by atoms with Crippen molar-refractivity contribution in [3.8, 4) is 11.5 Å². The Morgan fingerprint density at radius 3 is 2.16 bits per heavy atom. The van der Waals surface area contributed by atoms with Crippen LogP contribution >= 0.6 is 0 Å². The van der Waals surface area contributed by atoms with Gasteiger partial charge in [0.25, 0.3) is 0 Å². The summed E-state index contributed by atoms with van der Waals surface area (Å²) in [6, 6.07) is 4.96. The first-order chi connectivity index (χ1) is 17.5. The molecule has 3 fully saturated rings. The van der Waals surface area contributed by atoms with E-state index in [4.69, 9.17) is 14.3 Å². The van der Waals surface area contributed by atoms with E-state index in [-0.39, 0.29) is 50.9 Å². The number of rotatable bonds is 8. The first kappa shape index (κ1) is 27.9. The Bertz CT molecular complexity index is 1020. The first-order valence-corrected chi connectivity index (χ1v) is 13.7. The third-order valence-corrected chi connectivity index (χ3v) is 9.53. The number of halogens is 3. The molecule has 0 aliphatic carbocycles. The molecular formula is C23H31F3N2O8S. The zero-order valence-corrected chi connectivity index (χ0v) is 21.0. The fourth-order valence-electron chi connectivity index (χ4n) is 4.85. The van der Waals surface area contributed by atoms with E-state index in [1.165, 1.54) is 16.4 Å². The highest BCUT2D eigenvalue weighted by atomic mass is 32.2. The Labute approximate surface area is 213 Å². The summed E-state index contributed by atoms with van der Waals surface area (Å²) in [5.74, 6) is -1.42. The minimum absolute atomic E-state index is 0.0768. The molecular weight excluding hydrogens is 521 g/mol. The molecule has 14 heteroatoms. The number of carboxylic acids is 1. The summed E-state index contributed by atoms with van der Waals surface area (Å²) < 4.78 is 78.5. The molecule has 3 heterocycles. The number of hydrogen-bond acceptors (Lipinski definition) is 8. The summed E-state index contributed by atoms with van der Waals surface area (Å²) in [5, 5.41) is 11.6. The van der Waals surface area contributed by atoms with Crippen molar-refractivity contribution >= 4 is 16.0 Å². The van der Waals surface area contributed by atoms with Crippen LogP contribution in [0.15, 0.2) is 24.3 Å². The monoisotopic (exact) mass is 552 g/mol. The van der Waals surface area contributed by atoms with Crippen molar-refractivity contribution in [1.29, 1.82) is 0 Å². The van der Waals surface area contributed by atoms with Crippen molar-refractivity contribution in [2.24, 2.45) is 0 Å². The van der Waals surface area contributed by atoms with Crippen LogP contribution in [0.2, 0.25) is 0 Å². The molecule has 208 valence electrons. The van der Waals surface area contributed by atoms with E-state index in [0.29, 0.717) is 25.2 Å². The van der Waals surface area contributed by atoms with Crippen molar-refractivity contribution in [2.75, 3.05) is 32.8 Å². The number of ether oxygens (including phenoxy) is 3. The van der Waals surface area contributed by atoms with Gasteiger partial charge in [0.2, 0.25) is 10.0 Å². The number of sulfonamides is 1. The number of nitrogens with zero attached hydrogens (tertiary/aromatic N) is 2. The second kappa shape index (κ2) is 11.3. The number of hydroxylamine groups is 2. The molecule has 3 aliphatic heterocycles. The number of carbonyl (C=O) groups is 1. The lowest BCUT2D eigenvalue weighted by molar-refractivity contribution is -0.295. The van der Waals surface area contributed by atoms with Crippen molar-refractivity contribution < 1.29 is 50.5 Å². The molecule has 1 atom stereocenters. The van der Waals surface area contributed by atoms with Crippen molar-refractivity contribution in [2.45, 2.75) is 68.4 Å². The summed E-state index contributed by atoms with van der Waals surface area (Å²) in [6.45, 7) is 1.06. The normalized spacial score (nSPS) is 24.5. The maximum absolute atomic E-state index is 13.5. The Kier molecular flexibility index (Phi) is 8.53. The smallest absolute Gasteiger partial charge is 0.490 e. The Morgan fingerprint density at radius 1 is 1.00 bits per heavy atom. The number of carboxylic acid groups (broad SMARTS) is 1. The van der Waals surface area contributed by atoms with Crippen LogP contribution in [0.25, 0.3) is 0 Å². The van der Waals surface area contributed by atoms with E-state index in [2.05, 4.69) is 4.74 Å². The summed E-state index contributed by atoms with van der Waals surface area (Å²) in [4.78, 5) is 18.1. The highest BCUT2D eigenvalue weighted by Crippen LogP contribution is 2.36. The van der Waals surface area contributed by atoms with E-state index in [9.17, 15) is 31.5 Å². The molecule has 0 aromatic heterocycles. The molecule has 0 bridgehead atoms. The molecule has 1 aromatic carbocycles. The SMILES string of the molecule is O=C(O)C1(S(=O)(=O)N2CCC(Oc3ccc(OC(F)(F)F)cc3)CC2)CCN(OC2CCCCO2)CC1. The maximum Gasteiger partial charge on any atom is 0.573 e. The van der Waals surface area contributed by atoms with Crippen LogP contribution in [-0.4, -0.2) is 85.2 Å². The number of piperidine rings is 2. The fourth-order valence-corrected chi connectivity index (χ4v) is 6.95. The maximum atomic E-state index is 13.5. The van der Waals surface area contributed by atoms with Gasteiger partial charge in [0.15, 0.2) is 11.0 Å². The van der Waals surface area contributed by atoms with Crippen LogP contribution in [0, 0.1) is 0 Å². The van der Waals surface area contributed by atoms with Gasteiger partial charge in [-0.2, -0.15) is 5.06 Å². The lowest BCUT2D eigenvalue weighted by atomic mass is 9.97. The molecule has 4 rings (SSSR count). The van der Waals surface area contributed by atoms with E-state index >= 15 is 0 Å². The first-order valence-electron chi connectivity index (χ1n) is 12.3. The predicted octanol–water partition coefficient (Wildman–Crippen LogP) is 3.14. The van der Waals surface area contributed by atoms with Gasteiger partial charge < -0.3 is 19.3 Å². The molecule has 0 radical (unpaired) electrons. The Morgan fingerprint density at radius 2 is 1.62 bits per heavy atom. The molecule has 1 aromatic rings. The Balaban J connectivity index is 1.32. The van der Waals surface area contributed by atoms with Gasteiger partial charge >= 0.3 is 12.3 Å². The minimum Gasteiger partial charge on any atom is -0.490 e. The van der Waals surface area contributed by atoms with E-state index in [1.54, 1.807) is 5.06 Å². The van der Waals surface area contributed by atoms with E-state index in [1.807, 2.05) is 0 Å². The standard InChI is InChI=1S/C23H31F3N2O8S/c24-23(25,26)35-19-6-4-17(5-7-19)34-18-8-12-28(13-9-18)37(31,32)22(21(29)30)10-14-27(15-11-22)36-20-3-1-2-16-33-20/h4-7,18,20H,1-3,8-16H2,(H,29,30). The quantitative estimate of drug-likeness (QED) is 0.520. The van der Waals surface area contributed by atoms with Gasteiger partial charge in [0.1, 0.15) is 17.6 Å². The lowest BCUT2D eigenvalue weighted by Gasteiger charge is -2.42. The summed E-state index contributed by atoms with van der Waals surface area (Å²) >= 11 is 0. The third kappa shape index (κ3) is 6.66. The fraction of sp³-hybridized carbons (Fsp3) is 0.696. The molecule has 37 heavy (non-hydrogen) atoms. The van der Waals surface area contributed by atoms with Gasteiger partial charge in [-0.05, 0) is 62.8 Å². The number of aliphatic carboxylic acids is 1. The van der Waals surface area contributed by atoms with E-state index in [0.717, 1.165) is 31.4 Å². The van der Waals surface area contributed by atoms with E-state index < -0.39 is 33.4 Å². The summed E-state index contributed by atoms with van der Waals surface area (Å²) in [7, 11) is -4.18. The molecule has 0 amide bonds. The third-order valence-electron chi connectivity index (χ3n) is 6.92. The van der Waals surface area contributed by atoms with Crippen LogP contribution < -0.4 is 9.47 Å². The average Bonchev–Trinajstić information content (AvgIpc) is 2.85. The molecule has 3 aliphatic rings. The number of alkyl halides is 3. The number of hydrogen-bond donors (Lipinski definition) is 1. The Hall–Kier alpha value is -2.13. The zero-order chi connectivity index (χ0) is 26.7. The summed E-state index contributed by atoms with van der Waals surface area (Å²) in [6.07, 6.45) is -2.48. The van der Waals surface area contributed by atoms with Gasteiger partial charge in [-0.25, -0.2) is 12.7 Å². The second-order valence-electron chi connectivity index (χ2n) is 9.37. The van der Waals surface area contributed by atoms with Crippen molar-refractivity contribution in [1.82, 2.24) is 9.37 Å². The van der Waals surface area contributed by atoms with Crippen molar-refractivity contribution in [3.63, 3.8) is 0 Å².